The maximum absolute atomic E-state index is 13.5. The lowest BCUT2D eigenvalue weighted by molar-refractivity contribution is -0.123. The Morgan fingerprint density at radius 1 is 1.06 bits per heavy atom. The van der Waals surface area contributed by atoms with Gasteiger partial charge in [-0.25, -0.2) is 4.90 Å². The third-order valence-corrected chi connectivity index (χ3v) is 9.58. The molecule has 0 bridgehead atoms. The van der Waals surface area contributed by atoms with Crippen molar-refractivity contribution in [1.29, 1.82) is 0 Å². The number of nitrogens with zero attached hydrogens (tertiary/aromatic N) is 2. The molecule has 0 aliphatic carbocycles. The third-order valence-electron chi connectivity index (χ3n) is 6.51. The summed E-state index contributed by atoms with van der Waals surface area (Å²) >= 11 is 8.21. The summed E-state index contributed by atoms with van der Waals surface area (Å²) in [4.78, 5) is 54.3. The molecule has 180 valence electrons. The Balaban J connectivity index is 1.48. The second kappa shape index (κ2) is 8.65. The standard InChI is InChI=1S/C25H22ClN3O4S2/c1-13-6-4-5-7-16(13)27-17(30)12-28-23-20(35-24(28)33)25(2,3)18-19(34-23)22(32)29(21(18)31)15-10-8-14(26)9-11-15/h4-11,18-19H,12H2,1-3H3,(H,27,30). The van der Waals surface area contributed by atoms with Gasteiger partial charge in [0.25, 0.3) is 0 Å². The minimum Gasteiger partial charge on any atom is -0.324 e. The highest BCUT2D eigenvalue weighted by Crippen LogP contribution is 2.54. The molecule has 2 atom stereocenters. The van der Waals surface area contributed by atoms with Crippen molar-refractivity contribution in [3.63, 3.8) is 0 Å². The molecule has 1 aromatic heterocycles. The second-order valence-corrected chi connectivity index (χ2v) is 11.7. The van der Waals surface area contributed by atoms with E-state index in [1.807, 2.05) is 39.0 Å². The molecule has 2 aromatic carbocycles. The van der Waals surface area contributed by atoms with E-state index in [9.17, 15) is 19.2 Å². The Morgan fingerprint density at radius 2 is 1.74 bits per heavy atom. The van der Waals surface area contributed by atoms with Crippen molar-refractivity contribution in [3.05, 3.63) is 73.7 Å². The molecular formula is C25H22ClN3O4S2. The number of amides is 3. The van der Waals surface area contributed by atoms with Crippen LogP contribution in [0.2, 0.25) is 5.02 Å². The number of benzene rings is 2. The number of thioether (sulfide) groups is 1. The monoisotopic (exact) mass is 527 g/mol. The molecule has 1 fully saturated rings. The van der Waals surface area contributed by atoms with Crippen LogP contribution in [0.25, 0.3) is 0 Å². The summed E-state index contributed by atoms with van der Waals surface area (Å²) in [6.07, 6.45) is 0. The Morgan fingerprint density at radius 3 is 2.43 bits per heavy atom. The van der Waals surface area contributed by atoms with Crippen molar-refractivity contribution < 1.29 is 14.4 Å². The van der Waals surface area contributed by atoms with Gasteiger partial charge in [-0.15, -0.1) is 0 Å². The van der Waals surface area contributed by atoms with Crippen molar-refractivity contribution in [2.75, 3.05) is 10.2 Å². The predicted molar refractivity (Wildman–Crippen MR) is 138 cm³/mol. The van der Waals surface area contributed by atoms with E-state index in [1.165, 1.54) is 21.2 Å². The molecule has 2 aliphatic rings. The number of nitrogens with one attached hydrogen (secondary N) is 1. The summed E-state index contributed by atoms with van der Waals surface area (Å²) in [7, 11) is 0. The number of anilines is 2. The second-order valence-electron chi connectivity index (χ2n) is 9.18. The first kappa shape index (κ1) is 23.8. The number of rotatable bonds is 4. The number of thiazole rings is 1. The highest BCUT2D eigenvalue weighted by molar-refractivity contribution is 8.00. The molecule has 0 radical (unpaired) electrons. The summed E-state index contributed by atoms with van der Waals surface area (Å²) in [6, 6.07) is 14.0. The van der Waals surface area contributed by atoms with Crippen LogP contribution in [0.1, 0.15) is 24.3 Å². The average Bonchev–Trinajstić information content (AvgIpc) is 3.25. The lowest BCUT2D eigenvalue weighted by Crippen LogP contribution is -2.41. The van der Waals surface area contributed by atoms with E-state index in [-0.39, 0.29) is 29.1 Å². The van der Waals surface area contributed by atoms with Gasteiger partial charge in [-0.1, -0.05) is 66.7 Å². The fourth-order valence-corrected chi connectivity index (χ4v) is 7.82. The fourth-order valence-electron chi connectivity index (χ4n) is 4.66. The molecule has 3 heterocycles. The SMILES string of the molecule is Cc1ccccc1NC(=O)Cn1c2c(sc1=O)C(C)(C)C1C(=O)N(c3ccc(Cl)cc3)C(=O)C1S2. The van der Waals surface area contributed by atoms with Crippen LogP contribution in [0.15, 0.2) is 58.4 Å². The molecular weight excluding hydrogens is 506 g/mol. The third kappa shape index (κ3) is 3.91. The number of carbonyl (C=O) groups excluding carboxylic acids is 3. The molecule has 2 aliphatic heterocycles. The molecule has 1 saturated heterocycles. The Kier molecular flexibility index (Phi) is 5.89. The number of hydrogen-bond donors (Lipinski definition) is 1. The minimum absolute atomic E-state index is 0.178. The fraction of sp³-hybridized carbons (Fsp3) is 0.280. The lowest BCUT2D eigenvalue weighted by Gasteiger charge is -2.36. The van der Waals surface area contributed by atoms with Crippen LogP contribution in [-0.2, 0) is 26.3 Å². The molecule has 5 rings (SSSR count). The first-order chi connectivity index (χ1) is 16.6. The molecule has 3 amide bonds. The zero-order valence-electron chi connectivity index (χ0n) is 19.2. The molecule has 1 N–H and O–H groups in total. The van der Waals surface area contributed by atoms with Gasteiger partial charge in [-0.2, -0.15) is 0 Å². The van der Waals surface area contributed by atoms with Crippen LogP contribution in [0.3, 0.4) is 0 Å². The number of carbonyl (C=O) groups is 3. The number of hydrogen-bond acceptors (Lipinski definition) is 6. The average molecular weight is 528 g/mol. The smallest absolute Gasteiger partial charge is 0.308 e. The van der Waals surface area contributed by atoms with E-state index in [2.05, 4.69) is 5.32 Å². The van der Waals surface area contributed by atoms with Crippen molar-refractivity contribution in [3.8, 4) is 0 Å². The van der Waals surface area contributed by atoms with E-state index in [4.69, 9.17) is 11.6 Å². The highest BCUT2D eigenvalue weighted by Gasteiger charge is 2.59. The lowest BCUT2D eigenvalue weighted by atomic mass is 9.76. The van der Waals surface area contributed by atoms with Gasteiger partial charge >= 0.3 is 4.87 Å². The summed E-state index contributed by atoms with van der Waals surface area (Å²) in [6.45, 7) is 5.48. The maximum atomic E-state index is 13.5. The van der Waals surface area contributed by atoms with Crippen LogP contribution >= 0.6 is 34.7 Å². The van der Waals surface area contributed by atoms with Gasteiger partial charge in [0.05, 0.1) is 16.6 Å². The quantitative estimate of drug-likeness (QED) is 0.506. The summed E-state index contributed by atoms with van der Waals surface area (Å²) in [5.41, 5.74) is 1.29. The van der Waals surface area contributed by atoms with Crippen LogP contribution in [0.4, 0.5) is 11.4 Å². The molecule has 7 nitrogen and oxygen atoms in total. The van der Waals surface area contributed by atoms with Crippen molar-refractivity contribution in [2.45, 2.75) is 43.0 Å². The normalized spacial score (nSPS) is 20.5. The van der Waals surface area contributed by atoms with E-state index in [0.717, 1.165) is 21.8 Å². The van der Waals surface area contributed by atoms with E-state index >= 15 is 0 Å². The van der Waals surface area contributed by atoms with Crippen LogP contribution in [-0.4, -0.2) is 27.5 Å². The molecule has 0 spiro atoms. The van der Waals surface area contributed by atoms with Gasteiger partial charge in [0.1, 0.15) is 11.8 Å². The largest absolute Gasteiger partial charge is 0.324 e. The number of aromatic nitrogens is 1. The summed E-state index contributed by atoms with van der Waals surface area (Å²) in [5, 5.41) is 3.24. The molecule has 3 aromatic rings. The highest BCUT2D eigenvalue weighted by atomic mass is 35.5. The molecule has 35 heavy (non-hydrogen) atoms. The zero-order chi connectivity index (χ0) is 25.1. The van der Waals surface area contributed by atoms with Crippen molar-refractivity contribution >= 4 is 63.8 Å². The predicted octanol–water partition coefficient (Wildman–Crippen LogP) is 4.45. The minimum atomic E-state index is -0.763. The number of fused-ring (bicyclic) bond motifs is 2. The van der Waals surface area contributed by atoms with Gasteiger partial charge in [-0.05, 0) is 42.8 Å². The van der Waals surface area contributed by atoms with E-state index in [0.29, 0.717) is 21.4 Å². The van der Waals surface area contributed by atoms with Crippen LogP contribution in [0, 0.1) is 12.8 Å². The first-order valence-corrected chi connectivity index (χ1v) is 13.1. The number of para-hydroxylation sites is 1. The zero-order valence-corrected chi connectivity index (χ0v) is 21.6. The first-order valence-electron chi connectivity index (χ1n) is 11.0. The van der Waals surface area contributed by atoms with E-state index < -0.39 is 16.6 Å². The van der Waals surface area contributed by atoms with Gasteiger partial charge in [0.15, 0.2) is 0 Å². The Bertz CT molecular complexity index is 1430. The van der Waals surface area contributed by atoms with Gasteiger partial charge in [0, 0.05) is 21.0 Å². The Labute approximate surface area is 215 Å². The number of aryl methyl sites for hydroxylation is 1. The summed E-state index contributed by atoms with van der Waals surface area (Å²) < 4.78 is 1.42. The number of imide groups is 1. The molecule has 2 unspecified atom stereocenters. The summed E-state index contributed by atoms with van der Waals surface area (Å²) in [5.74, 6) is -1.59. The Hall–Kier alpha value is -2.88. The van der Waals surface area contributed by atoms with Gasteiger partial charge in [0.2, 0.25) is 17.7 Å². The maximum Gasteiger partial charge on any atom is 0.308 e. The molecule has 10 heteroatoms. The van der Waals surface area contributed by atoms with Gasteiger partial charge in [-0.3, -0.25) is 23.7 Å². The van der Waals surface area contributed by atoms with Crippen molar-refractivity contribution in [2.24, 2.45) is 5.92 Å². The van der Waals surface area contributed by atoms with Gasteiger partial charge < -0.3 is 5.32 Å². The molecule has 0 saturated carbocycles. The van der Waals surface area contributed by atoms with Crippen LogP contribution in [0.5, 0.6) is 0 Å². The van der Waals surface area contributed by atoms with Crippen LogP contribution < -0.4 is 15.1 Å². The van der Waals surface area contributed by atoms with E-state index in [1.54, 1.807) is 30.3 Å². The number of halogens is 1. The topological polar surface area (TPSA) is 88.5 Å². The van der Waals surface area contributed by atoms with Crippen molar-refractivity contribution in [1.82, 2.24) is 4.57 Å².